The van der Waals surface area contributed by atoms with E-state index in [1.165, 1.54) is 7.11 Å². The largest absolute Gasteiger partial charge is 0.467 e. The summed E-state index contributed by atoms with van der Waals surface area (Å²) >= 11 is 0. The Morgan fingerprint density at radius 3 is 2.10 bits per heavy atom. The Morgan fingerprint density at radius 2 is 1.52 bits per heavy atom. The molecule has 0 radical (unpaired) electrons. The first-order chi connectivity index (χ1) is 14.0. The van der Waals surface area contributed by atoms with Crippen LogP contribution in [0.5, 0.6) is 0 Å². The summed E-state index contributed by atoms with van der Waals surface area (Å²) in [6, 6.07) is 16.6. The summed E-state index contributed by atoms with van der Waals surface area (Å²) in [4.78, 5) is 36.5. The van der Waals surface area contributed by atoms with Crippen LogP contribution in [0.15, 0.2) is 60.7 Å². The molecule has 29 heavy (non-hydrogen) atoms. The number of ether oxygens (including phenoxy) is 2. The Hall–Kier alpha value is -3.55. The van der Waals surface area contributed by atoms with Gasteiger partial charge in [-0.2, -0.15) is 0 Å². The third kappa shape index (κ3) is 7.17. The molecule has 0 spiro atoms. The van der Waals surface area contributed by atoms with Crippen molar-refractivity contribution in [2.24, 2.45) is 0 Å². The Bertz CT molecular complexity index is 798. The predicted octanol–water partition coefficient (Wildman–Crippen LogP) is 2.51. The van der Waals surface area contributed by atoms with Crippen LogP contribution >= 0.6 is 0 Å². The van der Waals surface area contributed by atoms with Crippen LogP contribution in [-0.4, -0.2) is 37.9 Å². The molecule has 2 aromatic carbocycles. The van der Waals surface area contributed by atoms with Crippen LogP contribution in [0, 0.1) is 0 Å². The van der Waals surface area contributed by atoms with Gasteiger partial charge in [0.25, 0.3) is 0 Å². The van der Waals surface area contributed by atoms with Gasteiger partial charge in [0.05, 0.1) is 13.7 Å². The summed E-state index contributed by atoms with van der Waals surface area (Å²) in [5.41, 5.74) is 1.51. The third-order valence-corrected chi connectivity index (χ3v) is 4.02. The number of methoxy groups -OCH3 is 1. The fourth-order valence-electron chi connectivity index (χ4n) is 2.66. The zero-order valence-electron chi connectivity index (χ0n) is 16.4. The van der Waals surface area contributed by atoms with Crippen molar-refractivity contribution in [3.05, 3.63) is 71.8 Å². The Labute approximate surface area is 169 Å². The maximum absolute atomic E-state index is 12.6. The van der Waals surface area contributed by atoms with Gasteiger partial charge < -0.3 is 20.1 Å². The van der Waals surface area contributed by atoms with Crippen LogP contribution in [0.25, 0.3) is 0 Å². The van der Waals surface area contributed by atoms with Crippen molar-refractivity contribution < 1.29 is 23.9 Å². The van der Waals surface area contributed by atoms with Crippen LogP contribution in [-0.2, 0) is 20.7 Å². The molecule has 154 valence electrons. The van der Waals surface area contributed by atoms with Gasteiger partial charge in [0.1, 0.15) is 12.2 Å². The smallest absolute Gasteiger partial charge is 0.409 e. The molecule has 0 aliphatic heterocycles. The highest BCUT2D eigenvalue weighted by Gasteiger charge is 2.24. The third-order valence-electron chi connectivity index (χ3n) is 4.02. The highest BCUT2D eigenvalue weighted by atomic mass is 16.5. The van der Waals surface area contributed by atoms with E-state index in [9.17, 15) is 14.4 Å². The topological polar surface area (TPSA) is 106 Å². The van der Waals surface area contributed by atoms with Crippen LogP contribution in [0.3, 0.4) is 0 Å². The summed E-state index contributed by atoms with van der Waals surface area (Å²) in [5, 5.41) is 7.84. The van der Waals surface area contributed by atoms with Gasteiger partial charge in [-0.05, 0) is 18.1 Å². The van der Waals surface area contributed by atoms with Crippen LogP contribution in [0.2, 0.25) is 0 Å². The highest BCUT2D eigenvalue weighted by molar-refractivity contribution is 5.84. The Morgan fingerprint density at radius 1 is 0.897 bits per heavy atom. The second kappa shape index (κ2) is 11.3. The fourth-order valence-corrected chi connectivity index (χ4v) is 2.66. The van der Waals surface area contributed by atoms with Gasteiger partial charge in [-0.15, -0.1) is 0 Å². The van der Waals surface area contributed by atoms with E-state index in [1.807, 2.05) is 36.4 Å². The first kappa shape index (κ1) is 21.7. The molecule has 0 unspecified atom stereocenters. The zero-order chi connectivity index (χ0) is 21.1. The Balaban J connectivity index is 2.09. The average molecular weight is 399 g/mol. The number of hydrogen-bond donors (Lipinski definition) is 3. The van der Waals surface area contributed by atoms with E-state index in [0.717, 1.165) is 5.56 Å². The number of carbonyl (C=O) groups excluding carboxylic acids is 3. The van der Waals surface area contributed by atoms with E-state index in [-0.39, 0.29) is 13.0 Å². The molecule has 0 fully saturated rings. The lowest BCUT2D eigenvalue weighted by atomic mass is 10.1. The van der Waals surface area contributed by atoms with E-state index < -0.39 is 30.3 Å². The van der Waals surface area contributed by atoms with Crippen LogP contribution in [0.1, 0.15) is 24.2 Å². The predicted molar refractivity (Wildman–Crippen MR) is 107 cm³/mol. The van der Waals surface area contributed by atoms with Crippen LogP contribution in [0.4, 0.5) is 9.59 Å². The number of rotatable bonds is 8. The molecule has 8 nitrogen and oxygen atoms in total. The lowest BCUT2D eigenvalue weighted by Crippen LogP contribution is -2.51. The molecule has 2 rings (SSSR count). The number of nitrogens with one attached hydrogen (secondary N) is 3. The van der Waals surface area contributed by atoms with Crippen molar-refractivity contribution in [3.63, 3.8) is 0 Å². The molecule has 3 amide bonds. The molecule has 0 aliphatic rings. The molecule has 2 atom stereocenters. The summed E-state index contributed by atoms with van der Waals surface area (Å²) in [6.07, 6.45) is -1.25. The lowest BCUT2D eigenvalue weighted by Gasteiger charge is -2.23. The SMILES string of the molecule is CCOC(=O)N[C@H](NC(=O)N[C@@H](Cc1ccccc1)C(=O)OC)c1ccccc1. The summed E-state index contributed by atoms with van der Waals surface area (Å²) in [6.45, 7) is 1.88. The molecule has 8 heteroatoms. The van der Waals surface area contributed by atoms with Crippen molar-refractivity contribution in [1.82, 2.24) is 16.0 Å². The zero-order valence-corrected chi connectivity index (χ0v) is 16.4. The monoisotopic (exact) mass is 399 g/mol. The van der Waals surface area contributed by atoms with Gasteiger partial charge >= 0.3 is 18.1 Å². The summed E-state index contributed by atoms with van der Waals surface area (Å²) in [7, 11) is 1.26. The second-order valence-corrected chi connectivity index (χ2v) is 6.09. The molecule has 0 aliphatic carbocycles. The normalized spacial score (nSPS) is 12.2. The standard InChI is InChI=1S/C21H25N3O5/c1-3-29-21(27)24-18(16-12-8-5-9-13-16)23-20(26)22-17(19(25)28-2)14-15-10-6-4-7-11-15/h4-13,17-18H,3,14H2,1-2H3,(H,24,27)(H2,22,23,26)/t17-,18-/m0/s1. The van der Waals surface area contributed by atoms with Gasteiger partial charge in [-0.25, -0.2) is 14.4 Å². The van der Waals surface area contributed by atoms with E-state index >= 15 is 0 Å². The number of urea groups is 1. The number of carbonyl (C=O) groups is 3. The minimum atomic E-state index is -0.888. The highest BCUT2D eigenvalue weighted by Crippen LogP contribution is 2.10. The maximum Gasteiger partial charge on any atom is 0.409 e. The minimum absolute atomic E-state index is 0.195. The minimum Gasteiger partial charge on any atom is -0.467 e. The lowest BCUT2D eigenvalue weighted by molar-refractivity contribution is -0.142. The van der Waals surface area contributed by atoms with Crippen molar-refractivity contribution in [2.75, 3.05) is 13.7 Å². The van der Waals surface area contributed by atoms with Crippen molar-refractivity contribution >= 4 is 18.1 Å². The van der Waals surface area contributed by atoms with Gasteiger partial charge in [-0.1, -0.05) is 60.7 Å². The molecule has 0 saturated carbocycles. The molecule has 0 heterocycles. The molecule has 0 bridgehead atoms. The number of alkyl carbamates (subject to hydrolysis) is 1. The first-order valence-corrected chi connectivity index (χ1v) is 9.20. The molecule has 3 N–H and O–H groups in total. The molecular formula is C21H25N3O5. The number of amides is 3. The van der Waals surface area contributed by atoms with Gasteiger partial charge in [0.15, 0.2) is 0 Å². The van der Waals surface area contributed by atoms with Crippen LogP contribution < -0.4 is 16.0 Å². The van der Waals surface area contributed by atoms with Crippen molar-refractivity contribution in [3.8, 4) is 0 Å². The van der Waals surface area contributed by atoms with E-state index in [0.29, 0.717) is 5.56 Å². The van der Waals surface area contributed by atoms with Gasteiger partial charge in [-0.3, -0.25) is 5.32 Å². The molecule has 2 aromatic rings. The summed E-state index contributed by atoms with van der Waals surface area (Å²) in [5.74, 6) is -0.571. The number of esters is 1. The molecule has 0 saturated heterocycles. The van der Waals surface area contributed by atoms with E-state index in [1.54, 1.807) is 31.2 Å². The number of benzene rings is 2. The number of hydrogen-bond acceptors (Lipinski definition) is 5. The maximum atomic E-state index is 12.6. The Kier molecular flexibility index (Phi) is 8.50. The average Bonchev–Trinajstić information content (AvgIpc) is 2.73. The first-order valence-electron chi connectivity index (χ1n) is 9.20. The fraction of sp³-hybridized carbons (Fsp3) is 0.286. The van der Waals surface area contributed by atoms with Crippen molar-refractivity contribution in [2.45, 2.75) is 25.6 Å². The molecular weight excluding hydrogens is 374 g/mol. The van der Waals surface area contributed by atoms with Gasteiger partial charge in [0, 0.05) is 6.42 Å². The van der Waals surface area contributed by atoms with E-state index in [2.05, 4.69) is 16.0 Å². The second-order valence-electron chi connectivity index (χ2n) is 6.09. The van der Waals surface area contributed by atoms with E-state index in [4.69, 9.17) is 9.47 Å². The molecule has 0 aromatic heterocycles. The summed E-state index contributed by atoms with van der Waals surface area (Å²) < 4.78 is 9.70. The van der Waals surface area contributed by atoms with Gasteiger partial charge in [0.2, 0.25) is 0 Å². The quantitative estimate of drug-likeness (QED) is 0.467. The van der Waals surface area contributed by atoms with Crippen molar-refractivity contribution in [1.29, 1.82) is 0 Å².